The van der Waals surface area contributed by atoms with Crippen molar-refractivity contribution in [2.24, 2.45) is 5.92 Å². The number of aryl methyl sites for hydroxylation is 1. The molecule has 0 amide bonds. The van der Waals surface area contributed by atoms with Crippen molar-refractivity contribution in [2.45, 2.75) is 71.1 Å². The number of aromatic nitrogens is 1. The zero-order valence-corrected chi connectivity index (χ0v) is 16.8. The molecule has 148 valence electrons. The molecule has 1 fully saturated rings. The van der Waals surface area contributed by atoms with Crippen molar-refractivity contribution < 1.29 is 9.13 Å². The van der Waals surface area contributed by atoms with E-state index in [0.29, 0.717) is 6.42 Å². The molecule has 2 N–H and O–H groups in total. The maximum absolute atomic E-state index is 14.2. The van der Waals surface area contributed by atoms with E-state index in [2.05, 4.69) is 30.5 Å². The summed E-state index contributed by atoms with van der Waals surface area (Å²) in [6.45, 7) is 6.90. The second kappa shape index (κ2) is 10.3. The molecule has 0 spiro atoms. The third-order valence-corrected chi connectivity index (χ3v) is 5.17. The zero-order chi connectivity index (χ0) is 17.6. The number of ether oxygens (including phenoxy) is 1. The third-order valence-electron chi connectivity index (χ3n) is 5.17. The maximum Gasteiger partial charge on any atom is 0.133 e. The number of nitrogens with one attached hydrogen (secondary N) is 2. The van der Waals surface area contributed by atoms with Crippen LogP contribution < -0.4 is 15.4 Å². The largest absolute Gasteiger partial charge is 0.491 e. The summed E-state index contributed by atoms with van der Waals surface area (Å²) in [6, 6.07) is 2.10. The summed E-state index contributed by atoms with van der Waals surface area (Å²) < 4.78 is 20.2. The number of anilines is 1. The fraction of sp³-hybridized carbons (Fsp3) is 0.750. The van der Waals surface area contributed by atoms with Crippen molar-refractivity contribution in [1.82, 2.24) is 10.3 Å². The van der Waals surface area contributed by atoms with Crippen LogP contribution in [-0.4, -0.2) is 36.9 Å². The van der Waals surface area contributed by atoms with Gasteiger partial charge in [-0.2, -0.15) is 0 Å². The van der Waals surface area contributed by atoms with Gasteiger partial charge in [-0.15, -0.1) is 12.4 Å². The summed E-state index contributed by atoms with van der Waals surface area (Å²) in [5.41, 5.74) is 2.27. The van der Waals surface area contributed by atoms with E-state index in [1.165, 1.54) is 5.56 Å². The van der Waals surface area contributed by atoms with Crippen molar-refractivity contribution in [2.75, 3.05) is 25.0 Å². The van der Waals surface area contributed by atoms with Crippen molar-refractivity contribution >= 4 is 18.2 Å². The summed E-state index contributed by atoms with van der Waals surface area (Å²) >= 11 is 0. The van der Waals surface area contributed by atoms with E-state index in [9.17, 15) is 4.39 Å². The molecule has 6 heteroatoms. The Balaban J connectivity index is 0.00000243. The van der Waals surface area contributed by atoms with Crippen LogP contribution in [0.15, 0.2) is 6.07 Å². The first-order chi connectivity index (χ1) is 12.1. The molecular formula is C20H33ClFN3O. The standard InChI is InChI=1S/C20H32FN3O.ClH/c1-14(2)25-19-12-16(24-20-17(19)7-5-10-23-20)6-3-4-8-18(21)15-9-11-22-13-15;/h12,14-15,18,22H,3-11,13H2,1-2H3,(H,23,24);1H/t15-,18?;/m1./s1. The molecule has 1 unspecified atom stereocenters. The molecular weight excluding hydrogens is 353 g/mol. The minimum Gasteiger partial charge on any atom is -0.491 e. The molecule has 0 aliphatic carbocycles. The summed E-state index contributed by atoms with van der Waals surface area (Å²) in [7, 11) is 0. The Morgan fingerprint density at radius 2 is 2.15 bits per heavy atom. The van der Waals surface area contributed by atoms with Crippen LogP contribution >= 0.6 is 12.4 Å². The summed E-state index contributed by atoms with van der Waals surface area (Å²) in [5.74, 6) is 2.18. The summed E-state index contributed by atoms with van der Waals surface area (Å²) in [6.07, 6.45) is 6.09. The molecule has 3 heterocycles. The number of alkyl halides is 1. The number of unbranched alkanes of at least 4 members (excludes halogenated alkanes) is 1. The highest BCUT2D eigenvalue weighted by Gasteiger charge is 2.24. The fourth-order valence-electron chi connectivity index (χ4n) is 3.81. The Morgan fingerprint density at radius 3 is 2.88 bits per heavy atom. The number of halogens is 2. The molecule has 2 aliphatic rings. The number of rotatable bonds is 8. The van der Waals surface area contributed by atoms with E-state index in [0.717, 1.165) is 75.4 Å². The van der Waals surface area contributed by atoms with Crippen LogP contribution in [0, 0.1) is 5.92 Å². The van der Waals surface area contributed by atoms with Crippen LogP contribution in [0.25, 0.3) is 0 Å². The van der Waals surface area contributed by atoms with Gasteiger partial charge < -0.3 is 15.4 Å². The average molecular weight is 386 g/mol. The third kappa shape index (κ3) is 5.71. The molecule has 0 radical (unpaired) electrons. The molecule has 1 aromatic heterocycles. The molecule has 4 nitrogen and oxygen atoms in total. The molecule has 0 bridgehead atoms. The topological polar surface area (TPSA) is 46.2 Å². The van der Waals surface area contributed by atoms with Crippen LogP contribution in [-0.2, 0) is 12.8 Å². The minimum atomic E-state index is -0.659. The van der Waals surface area contributed by atoms with Gasteiger partial charge in [-0.05, 0) is 58.9 Å². The van der Waals surface area contributed by atoms with Crippen LogP contribution in [0.5, 0.6) is 5.75 Å². The summed E-state index contributed by atoms with van der Waals surface area (Å²) in [5, 5.41) is 6.65. The monoisotopic (exact) mass is 385 g/mol. The van der Waals surface area contributed by atoms with E-state index in [4.69, 9.17) is 9.72 Å². The minimum absolute atomic E-state index is 0. The summed E-state index contributed by atoms with van der Waals surface area (Å²) in [4.78, 5) is 4.78. The van der Waals surface area contributed by atoms with Gasteiger partial charge in [-0.3, -0.25) is 0 Å². The molecule has 1 saturated heterocycles. The normalized spacial score (nSPS) is 20.2. The van der Waals surface area contributed by atoms with Gasteiger partial charge in [0.2, 0.25) is 0 Å². The Morgan fingerprint density at radius 1 is 1.31 bits per heavy atom. The van der Waals surface area contributed by atoms with Gasteiger partial charge in [0.25, 0.3) is 0 Å². The molecule has 3 rings (SSSR count). The SMILES string of the molecule is CC(C)Oc1cc(CCCCC(F)[C@@H]2CCNC2)nc2c1CCCN2.Cl. The lowest BCUT2D eigenvalue weighted by Gasteiger charge is -2.22. The zero-order valence-electron chi connectivity index (χ0n) is 16.0. The van der Waals surface area contributed by atoms with Gasteiger partial charge in [0, 0.05) is 36.3 Å². The van der Waals surface area contributed by atoms with Gasteiger partial charge in [-0.25, -0.2) is 9.37 Å². The highest BCUT2D eigenvalue weighted by Crippen LogP contribution is 2.31. The second-order valence-corrected chi connectivity index (χ2v) is 7.65. The van der Waals surface area contributed by atoms with Crippen molar-refractivity contribution in [3.05, 3.63) is 17.3 Å². The van der Waals surface area contributed by atoms with E-state index in [-0.39, 0.29) is 24.4 Å². The lowest BCUT2D eigenvalue weighted by molar-refractivity contribution is 0.221. The first kappa shape index (κ1) is 21.2. The Hall–Kier alpha value is -1.07. The molecule has 1 aromatic rings. The van der Waals surface area contributed by atoms with Gasteiger partial charge >= 0.3 is 0 Å². The molecule has 2 aliphatic heterocycles. The number of fused-ring (bicyclic) bond motifs is 1. The van der Waals surface area contributed by atoms with Crippen molar-refractivity contribution in [1.29, 1.82) is 0 Å². The molecule has 26 heavy (non-hydrogen) atoms. The highest BCUT2D eigenvalue weighted by molar-refractivity contribution is 5.85. The second-order valence-electron chi connectivity index (χ2n) is 7.65. The Kier molecular flexibility index (Phi) is 8.42. The Bertz CT molecular complexity index is 564. The lowest BCUT2D eigenvalue weighted by Crippen LogP contribution is -2.19. The van der Waals surface area contributed by atoms with Crippen molar-refractivity contribution in [3.63, 3.8) is 0 Å². The average Bonchev–Trinajstić information content (AvgIpc) is 3.13. The predicted octanol–water partition coefficient (Wildman–Crippen LogP) is 4.31. The smallest absolute Gasteiger partial charge is 0.133 e. The predicted molar refractivity (Wildman–Crippen MR) is 107 cm³/mol. The first-order valence-corrected chi connectivity index (χ1v) is 9.91. The molecule has 2 atom stereocenters. The number of hydrogen-bond acceptors (Lipinski definition) is 4. The lowest BCUT2D eigenvalue weighted by atomic mass is 9.97. The number of hydrogen-bond donors (Lipinski definition) is 2. The van der Waals surface area contributed by atoms with Crippen LogP contribution in [0.1, 0.15) is 57.2 Å². The molecule has 0 saturated carbocycles. The van der Waals surface area contributed by atoms with Crippen LogP contribution in [0.2, 0.25) is 0 Å². The maximum atomic E-state index is 14.2. The number of nitrogens with zero attached hydrogens (tertiary/aromatic N) is 1. The fourth-order valence-corrected chi connectivity index (χ4v) is 3.81. The van der Waals surface area contributed by atoms with Crippen LogP contribution in [0.3, 0.4) is 0 Å². The van der Waals surface area contributed by atoms with Gasteiger partial charge in [0.15, 0.2) is 0 Å². The number of pyridine rings is 1. The van der Waals surface area contributed by atoms with Crippen molar-refractivity contribution in [3.8, 4) is 5.75 Å². The molecule has 0 aromatic carbocycles. The van der Waals surface area contributed by atoms with Crippen LogP contribution in [0.4, 0.5) is 10.2 Å². The van der Waals surface area contributed by atoms with Gasteiger partial charge in [0.05, 0.1) is 6.10 Å². The first-order valence-electron chi connectivity index (χ1n) is 9.91. The van der Waals surface area contributed by atoms with Gasteiger partial charge in [-0.1, -0.05) is 6.42 Å². The van der Waals surface area contributed by atoms with E-state index < -0.39 is 6.17 Å². The van der Waals surface area contributed by atoms with Gasteiger partial charge in [0.1, 0.15) is 17.7 Å². The van der Waals surface area contributed by atoms with E-state index in [1.807, 2.05) is 0 Å². The quantitative estimate of drug-likeness (QED) is 0.654. The van der Waals surface area contributed by atoms with E-state index in [1.54, 1.807) is 0 Å². The van der Waals surface area contributed by atoms with E-state index >= 15 is 0 Å². The highest BCUT2D eigenvalue weighted by atomic mass is 35.5. The Labute approximate surface area is 163 Å².